The first kappa shape index (κ1) is 17.9. The summed E-state index contributed by atoms with van der Waals surface area (Å²) in [5, 5.41) is 0. The lowest BCUT2D eigenvalue weighted by Gasteiger charge is -2.40. The predicted molar refractivity (Wildman–Crippen MR) is 101 cm³/mol. The zero-order chi connectivity index (χ0) is 17.8. The van der Waals surface area contributed by atoms with E-state index >= 15 is 0 Å². The fraction of sp³-hybridized carbons (Fsp3) is 0.368. The largest absolute Gasteiger partial charge is 0.494 e. The minimum absolute atomic E-state index is 0.00478. The number of aromatic nitrogens is 1. The zero-order valence-corrected chi connectivity index (χ0v) is 16.1. The first-order chi connectivity index (χ1) is 12.1. The molecular formula is C19H22BrN3O2. The van der Waals surface area contributed by atoms with Crippen LogP contribution in [0.1, 0.15) is 22.8 Å². The van der Waals surface area contributed by atoms with E-state index in [2.05, 4.69) is 57.0 Å². The molecule has 1 amide bonds. The number of rotatable bonds is 4. The number of carbonyl (C=O) groups is 1. The van der Waals surface area contributed by atoms with Crippen LogP contribution in [0.2, 0.25) is 0 Å². The number of hydrogen-bond acceptors (Lipinski definition) is 4. The van der Waals surface area contributed by atoms with Crippen LogP contribution in [0.25, 0.3) is 0 Å². The number of benzene rings is 1. The van der Waals surface area contributed by atoms with Crippen molar-refractivity contribution >= 4 is 21.8 Å². The number of pyridine rings is 1. The fourth-order valence-electron chi connectivity index (χ4n) is 3.17. The molecule has 1 saturated heterocycles. The summed E-state index contributed by atoms with van der Waals surface area (Å²) in [5.74, 6) is 0.575. The Morgan fingerprint density at radius 2 is 2.08 bits per heavy atom. The highest BCUT2D eigenvalue weighted by molar-refractivity contribution is 9.10. The molecule has 3 rings (SSSR count). The minimum atomic E-state index is 0.00478. The monoisotopic (exact) mass is 403 g/mol. The van der Waals surface area contributed by atoms with Crippen molar-refractivity contribution in [2.75, 3.05) is 26.7 Å². The van der Waals surface area contributed by atoms with E-state index in [1.165, 1.54) is 5.56 Å². The van der Waals surface area contributed by atoms with Crippen molar-refractivity contribution < 1.29 is 9.53 Å². The second-order valence-corrected chi connectivity index (χ2v) is 7.04. The van der Waals surface area contributed by atoms with Crippen LogP contribution in [-0.4, -0.2) is 53.5 Å². The summed E-state index contributed by atoms with van der Waals surface area (Å²) in [5.41, 5.74) is 1.86. The van der Waals surface area contributed by atoms with Gasteiger partial charge in [0.05, 0.1) is 12.7 Å². The summed E-state index contributed by atoms with van der Waals surface area (Å²) in [7, 11) is 1.57. The third-order valence-electron chi connectivity index (χ3n) is 4.50. The number of halogens is 1. The molecule has 132 valence electrons. The number of ether oxygens (including phenoxy) is 1. The number of piperazine rings is 1. The average Bonchev–Trinajstić information content (AvgIpc) is 2.62. The summed E-state index contributed by atoms with van der Waals surface area (Å²) < 4.78 is 5.85. The Bertz CT molecular complexity index is 739. The van der Waals surface area contributed by atoms with Crippen LogP contribution >= 0.6 is 15.9 Å². The Hall–Kier alpha value is -1.92. The van der Waals surface area contributed by atoms with Crippen molar-refractivity contribution in [1.82, 2.24) is 14.8 Å². The molecule has 0 spiro atoms. The maximum absolute atomic E-state index is 12.9. The van der Waals surface area contributed by atoms with Gasteiger partial charge >= 0.3 is 0 Å². The molecule has 25 heavy (non-hydrogen) atoms. The van der Waals surface area contributed by atoms with Gasteiger partial charge in [-0.1, -0.05) is 30.3 Å². The van der Waals surface area contributed by atoms with Crippen molar-refractivity contribution in [3.8, 4) is 5.75 Å². The van der Waals surface area contributed by atoms with E-state index in [-0.39, 0.29) is 11.9 Å². The van der Waals surface area contributed by atoms with Gasteiger partial charge in [0.2, 0.25) is 0 Å². The molecule has 1 fully saturated rings. The fourth-order valence-corrected chi connectivity index (χ4v) is 3.55. The van der Waals surface area contributed by atoms with E-state index in [1.54, 1.807) is 19.4 Å². The zero-order valence-electron chi connectivity index (χ0n) is 14.5. The molecule has 5 nitrogen and oxygen atoms in total. The molecule has 1 aromatic heterocycles. The van der Waals surface area contributed by atoms with Crippen LogP contribution in [0.4, 0.5) is 0 Å². The summed E-state index contributed by atoms with van der Waals surface area (Å²) in [6.07, 6.45) is 1.60. The van der Waals surface area contributed by atoms with Crippen molar-refractivity contribution in [2.45, 2.75) is 19.5 Å². The topological polar surface area (TPSA) is 45.7 Å². The van der Waals surface area contributed by atoms with E-state index in [0.29, 0.717) is 22.5 Å². The van der Waals surface area contributed by atoms with Gasteiger partial charge in [-0.15, -0.1) is 0 Å². The normalized spacial score (nSPS) is 18.2. The molecule has 6 heteroatoms. The van der Waals surface area contributed by atoms with Gasteiger partial charge in [0.25, 0.3) is 5.91 Å². The van der Waals surface area contributed by atoms with Crippen LogP contribution in [0, 0.1) is 0 Å². The molecule has 1 aromatic carbocycles. The quantitative estimate of drug-likeness (QED) is 0.735. The number of amides is 1. The van der Waals surface area contributed by atoms with Crippen LogP contribution in [0.15, 0.2) is 47.2 Å². The average molecular weight is 404 g/mol. The Kier molecular flexibility index (Phi) is 5.71. The molecule has 0 bridgehead atoms. The SMILES string of the molecule is COc1cc(C(=O)N2CCN(Cc3ccccc3)CC2C)cnc1Br. The third kappa shape index (κ3) is 4.19. The van der Waals surface area contributed by atoms with Gasteiger partial charge in [-0.2, -0.15) is 0 Å². The maximum Gasteiger partial charge on any atom is 0.255 e. The molecule has 1 aliphatic rings. The molecule has 1 atom stereocenters. The second-order valence-electron chi connectivity index (χ2n) is 6.29. The van der Waals surface area contributed by atoms with Crippen molar-refractivity contribution in [2.24, 2.45) is 0 Å². The van der Waals surface area contributed by atoms with Crippen LogP contribution in [0.3, 0.4) is 0 Å². The lowest BCUT2D eigenvalue weighted by atomic mass is 10.1. The molecule has 0 saturated carbocycles. The molecule has 0 aliphatic carbocycles. The summed E-state index contributed by atoms with van der Waals surface area (Å²) in [6, 6.07) is 12.3. The van der Waals surface area contributed by atoms with Crippen molar-refractivity contribution in [3.63, 3.8) is 0 Å². The third-order valence-corrected chi connectivity index (χ3v) is 5.09. The number of hydrogen-bond donors (Lipinski definition) is 0. The van der Waals surface area contributed by atoms with Crippen LogP contribution < -0.4 is 4.74 Å². The Balaban J connectivity index is 1.66. The van der Waals surface area contributed by atoms with Gasteiger partial charge in [0, 0.05) is 38.4 Å². The number of methoxy groups -OCH3 is 1. The minimum Gasteiger partial charge on any atom is -0.494 e. The predicted octanol–water partition coefficient (Wildman–Crippen LogP) is 3.20. The van der Waals surface area contributed by atoms with Gasteiger partial charge in [-0.05, 0) is 34.5 Å². The maximum atomic E-state index is 12.9. The summed E-state index contributed by atoms with van der Waals surface area (Å²) >= 11 is 3.32. The van der Waals surface area contributed by atoms with E-state index in [4.69, 9.17) is 4.74 Å². The summed E-state index contributed by atoms with van der Waals surface area (Å²) in [6.45, 7) is 5.46. The molecule has 2 aromatic rings. The first-order valence-corrected chi connectivity index (χ1v) is 9.14. The Labute approximate surface area is 156 Å². The van der Waals surface area contributed by atoms with E-state index in [1.807, 2.05) is 11.0 Å². The number of carbonyl (C=O) groups excluding carboxylic acids is 1. The molecule has 1 unspecified atom stereocenters. The lowest BCUT2D eigenvalue weighted by molar-refractivity contribution is 0.0475. The molecule has 0 radical (unpaired) electrons. The van der Waals surface area contributed by atoms with Gasteiger partial charge in [-0.25, -0.2) is 4.98 Å². The highest BCUT2D eigenvalue weighted by Crippen LogP contribution is 2.24. The van der Waals surface area contributed by atoms with Gasteiger partial charge in [0.15, 0.2) is 5.75 Å². The molecule has 1 aliphatic heterocycles. The smallest absolute Gasteiger partial charge is 0.255 e. The van der Waals surface area contributed by atoms with Crippen LogP contribution in [-0.2, 0) is 6.54 Å². The number of nitrogens with zero attached hydrogens (tertiary/aromatic N) is 3. The van der Waals surface area contributed by atoms with Gasteiger partial charge in [0.1, 0.15) is 4.60 Å². The second kappa shape index (κ2) is 7.97. The molecule has 0 N–H and O–H groups in total. The highest BCUT2D eigenvalue weighted by Gasteiger charge is 2.28. The highest BCUT2D eigenvalue weighted by atomic mass is 79.9. The van der Waals surface area contributed by atoms with E-state index < -0.39 is 0 Å². The standard InChI is InChI=1S/C19H22BrN3O2/c1-14-12-22(13-15-6-4-3-5-7-15)8-9-23(14)19(24)16-10-17(25-2)18(20)21-11-16/h3-7,10-11,14H,8-9,12-13H2,1-2H3. The van der Waals surface area contributed by atoms with Crippen LogP contribution in [0.5, 0.6) is 5.75 Å². The molecule has 2 heterocycles. The molecular weight excluding hydrogens is 382 g/mol. The van der Waals surface area contributed by atoms with Crippen molar-refractivity contribution in [3.05, 3.63) is 58.3 Å². The van der Waals surface area contributed by atoms with Gasteiger partial charge in [-0.3, -0.25) is 9.69 Å². The van der Waals surface area contributed by atoms with Gasteiger partial charge < -0.3 is 9.64 Å². The van der Waals surface area contributed by atoms with E-state index in [9.17, 15) is 4.79 Å². The first-order valence-electron chi connectivity index (χ1n) is 8.35. The summed E-state index contributed by atoms with van der Waals surface area (Å²) in [4.78, 5) is 21.4. The van der Waals surface area contributed by atoms with Crippen molar-refractivity contribution in [1.29, 1.82) is 0 Å². The lowest BCUT2D eigenvalue weighted by Crippen LogP contribution is -2.53. The Morgan fingerprint density at radius 1 is 1.32 bits per heavy atom. The Morgan fingerprint density at radius 3 is 2.76 bits per heavy atom. The van der Waals surface area contributed by atoms with E-state index in [0.717, 1.165) is 19.6 Å².